The largest absolute Gasteiger partial charge is 0.481 e. The Hall–Kier alpha value is -3.94. The zero-order chi connectivity index (χ0) is 24.1. The Labute approximate surface area is 192 Å². The minimum absolute atomic E-state index is 0.341. The molecule has 2 atom stereocenters. The molecule has 3 amide bonds. The summed E-state index contributed by atoms with van der Waals surface area (Å²) in [5, 5.41) is 14.4. The minimum Gasteiger partial charge on any atom is -0.481 e. The molecule has 33 heavy (non-hydrogen) atoms. The third-order valence-electron chi connectivity index (χ3n) is 5.47. The van der Waals surface area contributed by atoms with Crippen molar-refractivity contribution in [1.29, 1.82) is 0 Å². The van der Waals surface area contributed by atoms with Crippen molar-refractivity contribution in [2.75, 3.05) is 7.05 Å². The summed E-state index contributed by atoms with van der Waals surface area (Å²) in [5.41, 5.74) is 4.20. The van der Waals surface area contributed by atoms with E-state index in [2.05, 4.69) is 10.6 Å². The van der Waals surface area contributed by atoms with Crippen molar-refractivity contribution in [3.63, 3.8) is 0 Å². The molecule has 0 bridgehead atoms. The van der Waals surface area contributed by atoms with Gasteiger partial charge in [0, 0.05) is 18.8 Å². The van der Waals surface area contributed by atoms with Crippen LogP contribution < -0.4 is 10.6 Å². The summed E-state index contributed by atoms with van der Waals surface area (Å²) in [6, 6.07) is 12.5. The van der Waals surface area contributed by atoms with E-state index in [4.69, 9.17) is 0 Å². The van der Waals surface area contributed by atoms with Crippen LogP contribution >= 0.6 is 0 Å². The molecular weight excluding hydrogens is 422 g/mol. The number of amides is 3. The molecule has 0 fully saturated rings. The summed E-state index contributed by atoms with van der Waals surface area (Å²) in [7, 11) is 1.50. The lowest BCUT2D eigenvalue weighted by Gasteiger charge is -2.27. The average Bonchev–Trinajstić information content (AvgIpc) is 2.76. The molecule has 2 aromatic carbocycles. The van der Waals surface area contributed by atoms with Gasteiger partial charge in [-0.3, -0.25) is 14.4 Å². The Kier molecular flexibility index (Phi) is 7.27. The molecule has 3 N–H and O–H groups in total. The predicted octanol–water partition coefficient (Wildman–Crippen LogP) is 2.71. The summed E-state index contributed by atoms with van der Waals surface area (Å²) < 4.78 is 0. The normalized spacial score (nSPS) is 16.8. The van der Waals surface area contributed by atoms with Crippen molar-refractivity contribution in [1.82, 2.24) is 15.5 Å². The number of carbonyl (C=O) groups excluding carboxylic acids is 3. The molecule has 0 radical (unpaired) electrons. The lowest BCUT2D eigenvalue weighted by Crippen LogP contribution is -2.56. The van der Waals surface area contributed by atoms with Gasteiger partial charge in [0.05, 0.1) is 12.5 Å². The number of rotatable bonds is 7. The van der Waals surface area contributed by atoms with E-state index in [0.717, 1.165) is 16.7 Å². The van der Waals surface area contributed by atoms with Crippen LogP contribution in [0, 0.1) is 6.92 Å². The predicted molar refractivity (Wildman–Crippen MR) is 122 cm³/mol. The van der Waals surface area contributed by atoms with Crippen LogP contribution in [0.15, 0.2) is 60.3 Å². The number of carboxylic acid groups (broad SMARTS) is 1. The number of urea groups is 1. The molecule has 0 aromatic heterocycles. The van der Waals surface area contributed by atoms with Crippen LogP contribution in [0.3, 0.4) is 0 Å². The van der Waals surface area contributed by atoms with Crippen LogP contribution in [0.1, 0.15) is 41.6 Å². The highest BCUT2D eigenvalue weighted by Crippen LogP contribution is 2.21. The number of Topliss-reactive ketones (excluding diaryl/α,β-unsaturated/α-hetero) is 1. The highest BCUT2D eigenvalue weighted by atomic mass is 16.4. The maximum absolute atomic E-state index is 12.6. The molecule has 172 valence electrons. The van der Waals surface area contributed by atoms with Crippen LogP contribution in [0.5, 0.6) is 0 Å². The molecule has 0 saturated heterocycles. The monoisotopic (exact) mass is 449 g/mol. The lowest BCUT2D eigenvalue weighted by molar-refractivity contribution is -0.138. The van der Waals surface area contributed by atoms with Crippen LogP contribution in [-0.4, -0.2) is 46.8 Å². The molecule has 2 aromatic rings. The van der Waals surface area contributed by atoms with Crippen molar-refractivity contribution in [3.05, 3.63) is 82.6 Å². The molecule has 1 unspecified atom stereocenters. The molecule has 1 heterocycles. The van der Waals surface area contributed by atoms with E-state index < -0.39 is 35.8 Å². The number of aryl methyl sites for hydroxylation is 1. The smallest absolute Gasteiger partial charge is 0.316 e. The van der Waals surface area contributed by atoms with Gasteiger partial charge in [0.25, 0.3) is 5.91 Å². The Morgan fingerprint density at radius 1 is 1.06 bits per heavy atom. The summed E-state index contributed by atoms with van der Waals surface area (Å²) in [4.78, 5) is 50.0. The quantitative estimate of drug-likeness (QED) is 0.562. The van der Waals surface area contributed by atoms with Gasteiger partial charge in [0.2, 0.25) is 0 Å². The zero-order valence-corrected chi connectivity index (χ0v) is 18.8. The third-order valence-corrected chi connectivity index (χ3v) is 5.47. The average molecular weight is 450 g/mol. The van der Waals surface area contributed by atoms with Gasteiger partial charge in [0.15, 0.2) is 11.8 Å². The maximum Gasteiger partial charge on any atom is 0.316 e. The van der Waals surface area contributed by atoms with E-state index in [1.54, 1.807) is 13.0 Å². The highest BCUT2D eigenvalue weighted by Gasteiger charge is 2.35. The van der Waals surface area contributed by atoms with E-state index in [1.165, 1.54) is 18.1 Å². The Bertz CT molecular complexity index is 1110. The molecule has 3 rings (SSSR count). The molecule has 0 saturated carbocycles. The van der Waals surface area contributed by atoms with Crippen LogP contribution in [0.4, 0.5) is 4.79 Å². The fourth-order valence-corrected chi connectivity index (χ4v) is 3.71. The van der Waals surface area contributed by atoms with Gasteiger partial charge in [0.1, 0.15) is 0 Å². The first-order valence-electron chi connectivity index (χ1n) is 10.6. The van der Waals surface area contributed by atoms with Crippen molar-refractivity contribution in [2.24, 2.45) is 0 Å². The lowest BCUT2D eigenvalue weighted by atomic mass is 9.97. The van der Waals surface area contributed by atoms with E-state index in [-0.39, 0.29) is 6.42 Å². The van der Waals surface area contributed by atoms with Crippen molar-refractivity contribution >= 4 is 23.7 Å². The summed E-state index contributed by atoms with van der Waals surface area (Å²) in [6.45, 7) is 3.58. The first kappa shape index (κ1) is 23.7. The second-order valence-electron chi connectivity index (χ2n) is 8.23. The van der Waals surface area contributed by atoms with E-state index in [1.807, 2.05) is 49.4 Å². The van der Waals surface area contributed by atoms with E-state index in [0.29, 0.717) is 17.6 Å². The number of hydrogen-bond donors (Lipinski definition) is 3. The Morgan fingerprint density at radius 2 is 1.76 bits per heavy atom. The Morgan fingerprint density at radius 3 is 2.42 bits per heavy atom. The van der Waals surface area contributed by atoms with E-state index in [9.17, 15) is 24.3 Å². The van der Waals surface area contributed by atoms with Gasteiger partial charge in [-0.25, -0.2) is 4.79 Å². The molecule has 0 aliphatic carbocycles. The molecule has 1 aliphatic rings. The summed E-state index contributed by atoms with van der Waals surface area (Å²) >= 11 is 0. The van der Waals surface area contributed by atoms with E-state index >= 15 is 0 Å². The first-order chi connectivity index (χ1) is 15.6. The number of nitrogens with zero attached hydrogens (tertiary/aromatic N) is 1. The fraction of sp³-hybridized carbons (Fsp3) is 0.280. The van der Waals surface area contributed by atoms with Gasteiger partial charge in [-0.15, -0.1) is 0 Å². The SMILES string of the molecule is CC1=CN(C)C(=O)C(NC(=O)N[C@@H](CC(=O)O)c2cccc(Cc3ccc(C)cc3)c2)C1=O. The standard InChI is InChI=1S/C25H27N3O5/c1-15-7-9-17(10-8-15)11-18-5-4-6-19(12-18)20(13-21(29)30)26-25(33)27-22-23(31)16(2)14-28(3)24(22)32/h4-10,12,14,20,22H,11,13H2,1-3H3,(H,29,30)(H2,26,27,33)/t20-,22?/m0/s1. The molecule has 1 aliphatic heterocycles. The fourth-order valence-electron chi connectivity index (χ4n) is 3.71. The molecule has 8 heteroatoms. The van der Waals surface area contributed by atoms with Crippen molar-refractivity contribution in [2.45, 2.75) is 38.8 Å². The number of hydrogen-bond acceptors (Lipinski definition) is 4. The van der Waals surface area contributed by atoms with Gasteiger partial charge < -0.3 is 20.6 Å². The third kappa shape index (κ3) is 6.06. The molecular formula is C25H27N3O5. The van der Waals surface area contributed by atoms with Gasteiger partial charge in [-0.2, -0.15) is 0 Å². The molecule has 0 spiro atoms. The van der Waals surface area contributed by atoms with Gasteiger partial charge in [-0.1, -0.05) is 54.1 Å². The van der Waals surface area contributed by atoms with Crippen molar-refractivity contribution < 1.29 is 24.3 Å². The van der Waals surface area contributed by atoms with Crippen LogP contribution in [0.25, 0.3) is 0 Å². The summed E-state index contributed by atoms with van der Waals surface area (Å²) in [6.07, 6.45) is 1.71. The van der Waals surface area contributed by atoms with Gasteiger partial charge in [-0.05, 0) is 37.0 Å². The number of carboxylic acids is 1. The van der Waals surface area contributed by atoms with Crippen molar-refractivity contribution in [3.8, 4) is 0 Å². The minimum atomic E-state index is -1.35. The highest BCUT2D eigenvalue weighted by molar-refractivity contribution is 6.16. The van der Waals surface area contributed by atoms with Crippen LogP contribution in [-0.2, 0) is 20.8 Å². The topological polar surface area (TPSA) is 116 Å². The zero-order valence-electron chi connectivity index (χ0n) is 18.8. The van der Waals surface area contributed by atoms with Gasteiger partial charge >= 0.3 is 12.0 Å². The Balaban J connectivity index is 1.76. The second-order valence-corrected chi connectivity index (χ2v) is 8.23. The second kappa shape index (κ2) is 10.1. The maximum atomic E-state index is 12.6. The van der Waals surface area contributed by atoms with Crippen LogP contribution in [0.2, 0.25) is 0 Å². The number of nitrogens with one attached hydrogen (secondary N) is 2. The number of benzene rings is 2. The summed E-state index contributed by atoms with van der Waals surface area (Å²) in [5.74, 6) is -2.15. The molecule has 8 nitrogen and oxygen atoms in total. The number of likely N-dealkylation sites (N-methyl/N-ethyl adjacent to an activating group) is 1. The number of aliphatic carboxylic acids is 1. The number of carbonyl (C=O) groups is 4. The number of ketones is 1. The first-order valence-corrected chi connectivity index (χ1v) is 10.6.